The molecule has 144 valence electrons. The third-order valence-electron chi connectivity index (χ3n) is 4.71. The van der Waals surface area contributed by atoms with Gasteiger partial charge in [0, 0.05) is 11.3 Å². The van der Waals surface area contributed by atoms with Crippen LogP contribution < -0.4 is 10.1 Å². The van der Waals surface area contributed by atoms with Crippen LogP contribution in [0.2, 0.25) is 0 Å². The standard InChI is InChI=1S/C23H24N2O3/c1-16(2)15-28-21-12-6-4-10-19(21)22-24-20-11-5-3-9-18(20)23(26)25(22)14-17-8-7-13-27-17/h3-13,16,22,24H,14-15H2,1-2H3. The Hall–Kier alpha value is -3.21. The number of rotatable bonds is 6. The number of anilines is 1. The van der Waals surface area contributed by atoms with E-state index < -0.39 is 0 Å². The molecule has 1 atom stereocenters. The number of fused-ring (bicyclic) bond motifs is 1. The average Bonchev–Trinajstić information content (AvgIpc) is 3.22. The molecule has 0 saturated carbocycles. The molecule has 1 unspecified atom stereocenters. The van der Waals surface area contributed by atoms with Crippen molar-refractivity contribution in [1.82, 2.24) is 4.90 Å². The van der Waals surface area contributed by atoms with E-state index >= 15 is 0 Å². The van der Waals surface area contributed by atoms with Gasteiger partial charge in [0.1, 0.15) is 17.7 Å². The zero-order valence-electron chi connectivity index (χ0n) is 16.1. The van der Waals surface area contributed by atoms with Gasteiger partial charge in [-0.15, -0.1) is 0 Å². The number of furan rings is 1. The molecule has 0 aliphatic carbocycles. The summed E-state index contributed by atoms with van der Waals surface area (Å²) in [6.45, 7) is 5.22. The Balaban J connectivity index is 1.74. The molecule has 0 fully saturated rings. The van der Waals surface area contributed by atoms with E-state index in [4.69, 9.17) is 9.15 Å². The number of carbonyl (C=O) groups excluding carboxylic acids is 1. The van der Waals surface area contributed by atoms with Gasteiger partial charge in [0.05, 0.1) is 25.0 Å². The summed E-state index contributed by atoms with van der Waals surface area (Å²) in [4.78, 5) is 15.1. The molecular weight excluding hydrogens is 352 g/mol. The minimum absolute atomic E-state index is 0.0330. The maximum atomic E-state index is 13.3. The van der Waals surface area contributed by atoms with Crippen molar-refractivity contribution in [2.45, 2.75) is 26.6 Å². The summed E-state index contributed by atoms with van der Waals surface area (Å²) in [6, 6.07) is 19.2. The highest BCUT2D eigenvalue weighted by atomic mass is 16.5. The lowest BCUT2D eigenvalue weighted by Crippen LogP contribution is -2.42. The molecule has 4 rings (SSSR count). The normalized spacial score (nSPS) is 16.0. The average molecular weight is 376 g/mol. The van der Waals surface area contributed by atoms with Gasteiger partial charge in [-0.1, -0.05) is 44.2 Å². The first-order valence-electron chi connectivity index (χ1n) is 9.54. The monoisotopic (exact) mass is 376 g/mol. The van der Waals surface area contributed by atoms with Crippen molar-refractivity contribution in [1.29, 1.82) is 0 Å². The van der Waals surface area contributed by atoms with Gasteiger partial charge in [-0.2, -0.15) is 0 Å². The summed E-state index contributed by atoms with van der Waals surface area (Å²) < 4.78 is 11.6. The molecule has 1 amide bonds. The molecule has 0 radical (unpaired) electrons. The van der Waals surface area contributed by atoms with Crippen molar-refractivity contribution in [3.8, 4) is 5.75 Å². The zero-order valence-corrected chi connectivity index (χ0v) is 16.1. The number of nitrogens with zero attached hydrogens (tertiary/aromatic N) is 1. The second-order valence-electron chi connectivity index (χ2n) is 7.35. The molecule has 0 bridgehead atoms. The Morgan fingerprint density at radius 3 is 2.64 bits per heavy atom. The summed E-state index contributed by atoms with van der Waals surface area (Å²) in [5.41, 5.74) is 2.41. The first-order valence-corrected chi connectivity index (χ1v) is 9.54. The SMILES string of the molecule is CC(C)COc1ccccc1C1Nc2ccccc2C(=O)N1Cc1ccco1. The molecule has 5 nitrogen and oxygen atoms in total. The van der Waals surface area contributed by atoms with Crippen LogP contribution in [0.3, 0.4) is 0 Å². The molecule has 1 aromatic heterocycles. The lowest BCUT2D eigenvalue weighted by atomic mass is 10.0. The Morgan fingerprint density at radius 1 is 1.07 bits per heavy atom. The largest absolute Gasteiger partial charge is 0.493 e. The third-order valence-corrected chi connectivity index (χ3v) is 4.71. The van der Waals surface area contributed by atoms with Crippen LogP contribution in [-0.2, 0) is 6.54 Å². The summed E-state index contributed by atoms with van der Waals surface area (Å²) >= 11 is 0. The molecule has 1 aliphatic rings. The first-order chi connectivity index (χ1) is 13.6. The van der Waals surface area contributed by atoms with Crippen molar-refractivity contribution in [2.75, 3.05) is 11.9 Å². The van der Waals surface area contributed by atoms with E-state index in [9.17, 15) is 4.79 Å². The topological polar surface area (TPSA) is 54.7 Å². The van der Waals surface area contributed by atoms with E-state index in [1.165, 1.54) is 0 Å². The fraction of sp³-hybridized carbons (Fsp3) is 0.261. The van der Waals surface area contributed by atoms with Crippen molar-refractivity contribution in [2.24, 2.45) is 5.92 Å². The minimum Gasteiger partial charge on any atom is -0.493 e. The molecule has 0 saturated heterocycles. The Kier molecular flexibility index (Phi) is 5.06. The second kappa shape index (κ2) is 7.80. The van der Waals surface area contributed by atoms with Gasteiger partial charge in [-0.3, -0.25) is 4.79 Å². The number of hydrogen-bond acceptors (Lipinski definition) is 4. The molecule has 1 aliphatic heterocycles. The highest BCUT2D eigenvalue weighted by Crippen LogP contribution is 2.37. The van der Waals surface area contributed by atoms with Crippen LogP contribution in [0, 0.1) is 5.92 Å². The van der Waals surface area contributed by atoms with Gasteiger partial charge in [-0.25, -0.2) is 0 Å². The van der Waals surface area contributed by atoms with Crippen LogP contribution in [0.5, 0.6) is 5.75 Å². The predicted molar refractivity (Wildman–Crippen MR) is 108 cm³/mol. The van der Waals surface area contributed by atoms with Crippen LogP contribution in [0.1, 0.15) is 41.7 Å². The molecule has 1 N–H and O–H groups in total. The summed E-state index contributed by atoms with van der Waals surface area (Å²) in [7, 11) is 0. The quantitative estimate of drug-likeness (QED) is 0.652. The van der Waals surface area contributed by atoms with Gasteiger partial charge in [0.25, 0.3) is 5.91 Å². The second-order valence-corrected chi connectivity index (χ2v) is 7.35. The fourth-order valence-electron chi connectivity index (χ4n) is 3.37. The van der Waals surface area contributed by atoms with Crippen molar-refractivity contribution >= 4 is 11.6 Å². The molecule has 0 spiro atoms. The zero-order chi connectivity index (χ0) is 19.5. The molecule has 2 aromatic carbocycles. The lowest BCUT2D eigenvalue weighted by Gasteiger charge is -2.38. The van der Waals surface area contributed by atoms with Gasteiger partial charge in [0.15, 0.2) is 0 Å². The van der Waals surface area contributed by atoms with E-state index in [0.29, 0.717) is 24.6 Å². The number of carbonyl (C=O) groups is 1. The van der Waals surface area contributed by atoms with E-state index in [0.717, 1.165) is 22.8 Å². The summed E-state index contributed by atoms with van der Waals surface area (Å²) in [5.74, 6) is 1.90. The highest BCUT2D eigenvalue weighted by molar-refractivity contribution is 6.01. The minimum atomic E-state index is -0.351. The highest BCUT2D eigenvalue weighted by Gasteiger charge is 2.34. The number of benzene rings is 2. The Bertz CT molecular complexity index is 950. The van der Waals surface area contributed by atoms with Crippen LogP contribution in [-0.4, -0.2) is 17.4 Å². The maximum absolute atomic E-state index is 13.3. The number of ether oxygens (including phenoxy) is 1. The van der Waals surface area contributed by atoms with Crippen LogP contribution in [0.15, 0.2) is 71.3 Å². The van der Waals surface area contributed by atoms with Gasteiger partial charge in [0.2, 0.25) is 0 Å². The number of nitrogens with one attached hydrogen (secondary N) is 1. The molecule has 5 heteroatoms. The van der Waals surface area contributed by atoms with Crippen molar-refractivity contribution in [3.05, 3.63) is 83.8 Å². The lowest BCUT2D eigenvalue weighted by molar-refractivity contribution is 0.0648. The summed E-state index contributed by atoms with van der Waals surface area (Å²) in [6.07, 6.45) is 1.27. The van der Waals surface area contributed by atoms with Gasteiger partial charge in [-0.05, 0) is 36.2 Å². The molecule has 3 aromatic rings. The van der Waals surface area contributed by atoms with Crippen LogP contribution in [0.4, 0.5) is 5.69 Å². The Labute approximate surface area is 164 Å². The number of para-hydroxylation sites is 2. The van der Waals surface area contributed by atoms with Crippen LogP contribution >= 0.6 is 0 Å². The maximum Gasteiger partial charge on any atom is 0.258 e. The first kappa shape index (κ1) is 18.2. The number of amides is 1. The third kappa shape index (κ3) is 3.60. The fourth-order valence-corrected chi connectivity index (χ4v) is 3.37. The molecule has 28 heavy (non-hydrogen) atoms. The smallest absolute Gasteiger partial charge is 0.258 e. The van der Waals surface area contributed by atoms with E-state index in [2.05, 4.69) is 19.2 Å². The van der Waals surface area contributed by atoms with Gasteiger partial charge < -0.3 is 19.4 Å². The summed E-state index contributed by atoms with van der Waals surface area (Å²) in [5, 5.41) is 3.52. The van der Waals surface area contributed by atoms with Crippen molar-refractivity contribution < 1.29 is 13.9 Å². The van der Waals surface area contributed by atoms with Crippen LogP contribution in [0.25, 0.3) is 0 Å². The van der Waals surface area contributed by atoms with Gasteiger partial charge >= 0.3 is 0 Å². The number of hydrogen-bond donors (Lipinski definition) is 1. The van der Waals surface area contributed by atoms with E-state index in [1.807, 2.05) is 60.7 Å². The van der Waals surface area contributed by atoms with Crippen molar-refractivity contribution in [3.63, 3.8) is 0 Å². The molecule has 2 heterocycles. The Morgan fingerprint density at radius 2 is 1.86 bits per heavy atom. The van der Waals surface area contributed by atoms with E-state index in [1.54, 1.807) is 11.2 Å². The predicted octanol–water partition coefficient (Wildman–Crippen LogP) is 5.08. The molecular formula is C23H24N2O3. The van der Waals surface area contributed by atoms with E-state index in [-0.39, 0.29) is 12.1 Å².